The minimum absolute atomic E-state index is 0.0261. The van der Waals surface area contributed by atoms with Crippen LogP contribution in [-0.2, 0) is 21.1 Å². The van der Waals surface area contributed by atoms with E-state index in [0.29, 0.717) is 24.0 Å². The van der Waals surface area contributed by atoms with Crippen LogP contribution >= 0.6 is 0 Å². The van der Waals surface area contributed by atoms with Crippen molar-refractivity contribution >= 4 is 15.7 Å². The molecule has 1 unspecified atom stereocenters. The molecule has 4 rings (SSSR count). The maximum Gasteiger partial charge on any atom is 0.407 e. The summed E-state index contributed by atoms with van der Waals surface area (Å²) < 4.78 is 81.8. The first-order valence-electron chi connectivity index (χ1n) is 12.8. The van der Waals surface area contributed by atoms with Crippen LogP contribution in [0.5, 0.6) is 0 Å². The number of carbonyl (C=O) groups excluding carboxylic acids is 1. The zero-order chi connectivity index (χ0) is 30.9. The Morgan fingerprint density at radius 1 is 1.02 bits per heavy atom. The fourth-order valence-corrected chi connectivity index (χ4v) is 5.78. The quantitative estimate of drug-likeness (QED) is 0.316. The molecule has 0 aliphatic heterocycles. The van der Waals surface area contributed by atoms with E-state index < -0.39 is 57.6 Å². The molecule has 42 heavy (non-hydrogen) atoms. The number of nitrogens with two attached hydrogens (primary N) is 1. The summed E-state index contributed by atoms with van der Waals surface area (Å²) in [6.07, 6.45) is -3.57. The Hall–Kier alpha value is -4.26. The van der Waals surface area contributed by atoms with E-state index in [1.165, 1.54) is 60.7 Å². The molecule has 0 bridgehead atoms. The molecule has 1 saturated carbocycles. The van der Waals surface area contributed by atoms with Gasteiger partial charge in [0.15, 0.2) is 9.84 Å². The van der Waals surface area contributed by atoms with Crippen LogP contribution in [0, 0.1) is 40.3 Å². The number of carbonyl (C=O) groups is 1. The molecular weight excluding hydrogens is 572 g/mol. The van der Waals surface area contributed by atoms with Gasteiger partial charge in [0, 0.05) is 6.26 Å². The Kier molecular flexibility index (Phi) is 8.44. The molecule has 3 atom stereocenters. The van der Waals surface area contributed by atoms with Crippen molar-refractivity contribution in [1.82, 2.24) is 5.32 Å². The number of benzene rings is 3. The van der Waals surface area contributed by atoms with Crippen molar-refractivity contribution in [2.24, 2.45) is 17.6 Å². The van der Waals surface area contributed by atoms with Crippen LogP contribution in [0.25, 0.3) is 11.1 Å². The molecule has 0 heterocycles. The van der Waals surface area contributed by atoms with Gasteiger partial charge in [-0.05, 0) is 71.7 Å². The van der Waals surface area contributed by atoms with Crippen molar-refractivity contribution in [3.05, 3.63) is 89.2 Å². The standard InChI is InChI=1S/C30H26F4N4O3S/c1-42(40,41)25-12-8-20(9-13-25)19-4-6-21(7-5-19)27(30(32,33)34)38-29(28(37)39,23-10-11-23)24(17-36)15-22-3-2-18(16-35)14-26(22)31/h2-9,12-14,23-24,27,38H,10-11,15H2,1H3,(H2,37,39)/t24-,27+,29?/m1/s1. The van der Waals surface area contributed by atoms with Gasteiger partial charge in [-0.25, -0.2) is 12.8 Å². The van der Waals surface area contributed by atoms with Gasteiger partial charge in [-0.1, -0.05) is 42.5 Å². The Balaban J connectivity index is 1.70. The number of rotatable bonds is 10. The topological polar surface area (TPSA) is 137 Å². The van der Waals surface area contributed by atoms with E-state index in [1.54, 1.807) is 6.07 Å². The number of amides is 1. The highest BCUT2D eigenvalue weighted by atomic mass is 32.2. The second kappa shape index (κ2) is 11.6. The van der Waals surface area contributed by atoms with Gasteiger partial charge in [0.05, 0.1) is 28.5 Å². The zero-order valence-corrected chi connectivity index (χ0v) is 23.1. The fraction of sp³-hybridized carbons (Fsp3) is 0.300. The number of nitrogens with one attached hydrogen (secondary N) is 1. The first-order chi connectivity index (χ1) is 19.7. The fourth-order valence-electron chi connectivity index (χ4n) is 5.15. The average Bonchev–Trinajstić information content (AvgIpc) is 3.78. The van der Waals surface area contributed by atoms with Gasteiger partial charge in [0.2, 0.25) is 5.91 Å². The molecule has 218 valence electrons. The lowest BCUT2D eigenvalue weighted by atomic mass is 9.75. The molecule has 3 aromatic rings. The summed E-state index contributed by atoms with van der Waals surface area (Å²) in [5.74, 6) is -4.11. The third-order valence-corrected chi connectivity index (χ3v) is 8.64. The van der Waals surface area contributed by atoms with Crippen molar-refractivity contribution in [2.75, 3.05) is 6.26 Å². The van der Waals surface area contributed by atoms with Gasteiger partial charge in [0.1, 0.15) is 17.4 Å². The van der Waals surface area contributed by atoms with Crippen molar-refractivity contribution in [2.45, 2.75) is 41.9 Å². The zero-order valence-electron chi connectivity index (χ0n) is 22.3. The highest BCUT2D eigenvalue weighted by molar-refractivity contribution is 7.90. The summed E-state index contributed by atoms with van der Waals surface area (Å²) in [7, 11) is -3.43. The van der Waals surface area contributed by atoms with E-state index in [1.807, 2.05) is 6.07 Å². The lowest BCUT2D eigenvalue weighted by molar-refractivity contribution is -0.167. The van der Waals surface area contributed by atoms with Crippen LogP contribution < -0.4 is 11.1 Å². The van der Waals surface area contributed by atoms with Crippen molar-refractivity contribution in [1.29, 1.82) is 10.5 Å². The highest BCUT2D eigenvalue weighted by Crippen LogP contribution is 2.48. The Bertz CT molecular complexity index is 1670. The molecule has 3 aromatic carbocycles. The molecule has 7 nitrogen and oxygen atoms in total. The maximum absolute atomic E-state index is 14.7. The molecule has 1 amide bonds. The minimum atomic E-state index is -4.91. The molecule has 3 N–H and O–H groups in total. The molecule has 0 spiro atoms. The van der Waals surface area contributed by atoms with Crippen LogP contribution in [0.2, 0.25) is 0 Å². The first-order valence-corrected chi connectivity index (χ1v) is 14.7. The van der Waals surface area contributed by atoms with Crippen LogP contribution in [0.15, 0.2) is 71.6 Å². The number of nitrogens with zero attached hydrogens (tertiary/aromatic N) is 2. The highest BCUT2D eigenvalue weighted by Gasteiger charge is 2.59. The third-order valence-electron chi connectivity index (χ3n) is 7.51. The predicted octanol–water partition coefficient (Wildman–Crippen LogP) is 4.98. The number of primary amides is 1. The SMILES string of the molecule is CS(=O)(=O)c1ccc(-c2ccc([C@H](NC(C(N)=O)(C3CC3)[C@@H](C#N)Cc3ccc(C#N)cc3F)C(F)(F)F)cc2)cc1. The number of sulfone groups is 1. The molecule has 12 heteroatoms. The second-order valence-electron chi connectivity index (χ2n) is 10.3. The third kappa shape index (κ3) is 6.30. The van der Waals surface area contributed by atoms with Gasteiger partial charge in [-0.15, -0.1) is 0 Å². The number of hydrogen-bond acceptors (Lipinski definition) is 6. The average molecular weight is 599 g/mol. The summed E-state index contributed by atoms with van der Waals surface area (Å²) in [5.41, 5.74) is 4.45. The monoisotopic (exact) mass is 598 g/mol. The van der Waals surface area contributed by atoms with E-state index in [4.69, 9.17) is 11.0 Å². The Labute approximate surface area is 240 Å². The molecule has 1 aliphatic rings. The first kappa shape index (κ1) is 30.7. The van der Waals surface area contributed by atoms with E-state index in [-0.39, 0.29) is 21.6 Å². The van der Waals surface area contributed by atoms with Crippen molar-refractivity contribution in [3.63, 3.8) is 0 Å². The van der Waals surface area contributed by atoms with Crippen LogP contribution in [-0.4, -0.2) is 32.3 Å². The lowest BCUT2D eigenvalue weighted by Gasteiger charge is -2.40. The Morgan fingerprint density at radius 3 is 2.02 bits per heavy atom. The molecule has 0 aromatic heterocycles. The summed E-state index contributed by atoms with van der Waals surface area (Å²) in [6.45, 7) is 0. The number of halogens is 4. The largest absolute Gasteiger partial charge is 0.407 e. The van der Waals surface area contributed by atoms with Crippen molar-refractivity contribution in [3.8, 4) is 23.3 Å². The summed E-state index contributed by atoms with van der Waals surface area (Å²) in [5, 5.41) is 21.5. The van der Waals surface area contributed by atoms with E-state index in [2.05, 4.69) is 5.32 Å². The van der Waals surface area contributed by atoms with Gasteiger partial charge < -0.3 is 5.73 Å². The number of alkyl halides is 3. The molecule has 0 saturated heterocycles. The lowest BCUT2D eigenvalue weighted by Crippen LogP contribution is -2.64. The Morgan fingerprint density at radius 2 is 1.60 bits per heavy atom. The van der Waals surface area contributed by atoms with Gasteiger partial charge in [0.25, 0.3) is 0 Å². The molecule has 0 radical (unpaired) electrons. The van der Waals surface area contributed by atoms with Gasteiger partial charge in [-0.2, -0.15) is 23.7 Å². The minimum Gasteiger partial charge on any atom is -0.368 e. The van der Waals surface area contributed by atoms with Crippen LogP contribution in [0.3, 0.4) is 0 Å². The van der Waals surface area contributed by atoms with Crippen LogP contribution in [0.1, 0.15) is 35.6 Å². The second-order valence-corrected chi connectivity index (χ2v) is 12.4. The van der Waals surface area contributed by atoms with E-state index >= 15 is 0 Å². The smallest absolute Gasteiger partial charge is 0.368 e. The number of hydrogen-bond donors (Lipinski definition) is 2. The molecule has 1 aliphatic carbocycles. The maximum atomic E-state index is 14.7. The molecule has 1 fully saturated rings. The van der Waals surface area contributed by atoms with E-state index in [0.717, 1.165) is 12.3 Å². The van der Waals surface area contributed by atoms with Gasteiger partial charge >= 0.3 is 6.18 Å². The molecular formula is C30H26F4N4O3S. The predicted molar refractivity (Wildman–Crippen MR) is 145 cm³/mol. The summed E-state index contributed by atoms with van der Waals surface area (Å²) >= 11 is 0. The normalized spacial score (nSPS) is 16.5. The van der Waals surface area contributed by atoms with Gasteiger partial charge in [-0.3, -0.25) is 10.1 Å². The van der Waals surface area contributed by atoms with E-state index in [9.17, 15) is 36.0 Å². The summed E-state index contributed by atoms with van der Waals surface area (Å²) in [6, 6.07) is 16.0. The van der Waals surface area contributed by atoms with Crippen molar-refractivity contribution < 1.29 is 30.8 Å². The summed E-state index contributed by atoms with van der Waals surface area (Å²) in [4.78, 5) is 13.1. The van der Waals surface area contributed by atoms with Crippen LogP contribution in [0.4, 0.5) is 17.6 Å². The number of nitriles is 2.